The van der Waals surface area contributed by atoms with Gasteiger partial charge in [-0.05, 0) is 24.3 Å². The summed E-state index contributed by atoms with van der Waals surface area (Å²) < 4.78 is 1.02. The van der Waals surface area contributed by atoms with Crippen molar-refractivity contribution in [1.29, 1.82) is 5.41 Å². The first kappa shape index (κ1) is 14.0. The zero-order valence-corrected chi connectivity index (χ0v) is 12.3. The van der Waals surface area contributed by atoms with E-state index in [-0.39, 0.29) is 5.96 Å². The number of rotatable bonds is 2. The number of fused-ring (bicyclic) bond motifs is 1. The van der Waals surface area contributed by atoms with Gasteiger partial charge >= 0.3 is 6.03 Å². The van der Waals surface area contributed by atoms with Gasteiger partial charge in [0.15, 0.2) is 5.13 Å². The van der Waals surface area contributed by atoms with Crippen LogP contribution in [0.1, 0.15) is 0 Å². The lowest BCUT2D eigenvalue weighted by Crippen LogP contribution is -2.38. The smallest absolute Gasteiger partial charge is 0.308 e. The molecule has 7 heteroatoms. The predicted octanol–water partition coefficient (Wildman–Crippen LogP) is 3.46. The summed E-state index contributed by atoms with van der Waals surface area (Å²) in [6.45, 7) is 0. The number of nitrogens with one attached hydrogen (secondary N) is 4. The molecule has 0 saturated heterocycles. The Labute approximate surface area is 130 Å². The van der Waals surface area contributed by atoms with E-state index in [9.17, 15) is 4.79 Å². The van der Waals surface area contributed by atoms with Crippen molar-refractivity contribution in [2.45, 2.75) is 0 Å². The van der Waals surface area contributed by atoms with Gasteiger partial charge in [-0.1, -0.05) is 41.7 Å². The fraction of sp³-hybridized carbons (Fsp3) is 0. The Morgan fingerprint density at radius 3 is 2.50 bits per heavy atom. The van der Waals surface area contributed by atoms with Gasteiger partial charge < -0.3 is 10.6 Å². The van der Waals surface area contributed by atoms with Gasteiger partial charge in [-0.15, -0.1) is 0 Å². The van der Waals surface area contributed by atoms with Gasteiger partial charge in [0.05, 0.1) is 10.2 Å². The summed E-state index contributed by atoms with van der Waals surface area (Å²) in [7, 11) is 0. The van der Waals surface area contributed by atoms with Crippen LogP contribution in [-0.4, -0.2) is 17.0 Å². The van der Waals surface area contributed by atoms with Crippen molar-refractivity contribution in [3.8, 4) is 0 Å². The Bertz CT molecular complexity index is 782. The van der Waals surface area contributed by atoms with E-state index >= 15 is 0 Å². The zero-order chi connectivity index (χ0) is 15.4. The number of urea groups is 1. The quantitative estimate of drug-likeness (QED) is 0.431. The topological polar surface area (TPSA) is 89.9 Å². The number of hydrogen-bond donors (Lipinski definition) is 4. The number of para-hydroxylation sites is 2. The molecule has 3 rings (SSSR count). The third kappa shape index (κ3) is 3.39. The molecule has 0 saturated carbocycles. The highest BCUT2D eigenvalue weighted by molar-refractivity contribution is 7.22. The molecule has 0 unspecified atom stereocenters. The molecule has 0 aliphatic rings. The molecule has 1 heterocycles. The maximum absolute atomic E-state index is 11.8. The lowest BCUT2D eigenvalue weighted by molar-refractivity contribution is 0.256. The monoisotopic (exact) mass is 311 g/mol. The second kappa shape index (κ2) is 6.23. The van der Waals surface area contributed by atoms with Crippen LogP contribution in [0.3, 0.4) is 0 Å². The molecule has 0 spiro atoms. The summed E-state index contributed by atoms with van der Waals surface area (Å²) in [5, 5.41) is 16.2. The Morgan fingerprint density at radius 2 is 1.73 bits per heavy atom. The highest BCUT2D eigenvalue weighted by atomic mass is 32.1. The van der Waals surface area contributed by atoms with Crippen LogP contribution >= 0.6 is 11.3 Å². The minimum atomic E-state index is -0.482. The number of hydrogen-bond acceptors (Lipinski definition) is 4. The molecule has 6 nitrogen and oxygen atoms in total. The normalized spacial score (nSPS) is 10.2. The van der Waals surface area contributed by atoms with Gasteiger partial charge in [0.25, 0.3) is 0 Å². The zero-order valence-electron chi connectivity index (χ0n) is 11.5. The number of anilines is 2. The molecular formula is C15H13N5OS. The molecule has 4 N–H and O–H groups in total. The van der Waals surface area contributed by atoms with Gasteiger partial charge in [0, 0.05) is 5.69 Å². The van der Waals surface area contributed by atoms with Crippen molar-refractivity contribution in [3.63, 3.8) is 0 Å². The maximum Gasteiger partial charge on any atom is 0.325 e. The van der Waals surface area contributed by atoms with E-state index in [0.29, 0.717) is 10.8 Å². The first-order valence-electron chi connectivity index (χ1n) is 6.55. The SMILES string of the molecule is N=C(NC(=O)Nc1ccccc1)Nc1nc2ccccc2s1. The first-order valence-corrected chi connectivity index (χ1v) is 7.36. The van der Waals surface area contributed by atoms with Gasteiger partial charge in [0.1, 0.15) is 0 Å². The van der Waals surface area contributed by atoms with Crippen LogP contribution in [0.4, 0.5) is 15.6 Å². The summed E-state index contributed by atoms with van der Waals surface area (Å²) in [4.78, 5) is 16.1. The van der Waals surface area contributed by atoms with Gasteiger partial charge in [-0.25, -0.2) is 9.78 Å². The molecule has 3 aromatic rings. The molecule has 1 aromatic heterocycles. The molecule has 0 atom stereocenters. The van der Waals surface area contributed by atoms with Crippen molar-refractivity contribution in [1.82, 2.24) is 10.3 Å². The van der Waals surface area contributed by atoms with Crippen molar-refractivity contribution in [2.75, 3.05) is 10.6 Å². The van der Waals surface area contributed by atoms with Crippen LogP contribution < -0.4 is 16.0 Å². The first-order chi connectivity index (χ1) is 10.7. The van der Waals surface area contributed by atoms with Crippen molar-refractivity contribution in [3.05, 3.63) is 54.6 Å². The fourth-order valence-corrected chi connectivity index (χ4v) is 2.73. The molecule has 0 aliphatic heterocycles. The highest BCUT2D eigenvalue weighted by Gasteiger charge is 2.08. The van der Waals surface area contributed by atoms with Crippen LogP contribution in [0.25, 0.3) is 10.2 Å². The summed E-state index contributed by atoms with van der Waals surface area (Å²) >= 11 is 1.42. The number of nitrogens with zero attached hydrogens (tertiary/aromatic N) is 1. The van der Waals surface area contributed by atoms with E-state index in [4.69, 9.17) is 5.41 Å². The molecular weight excluding hydrogens is 298 g/mol. The molecule has 0 fully saturated rings. The van der Waals surface area contributed by atoms with E-state index in [1.165, 1.54) is 11.3 Å². The van der Waals surface area contributed by atoms with Gasteiger partial charge in [0.2, 0.25) is 5.96 Å². The van der Waals surface area contributed by atoms with E-state index in [0.717, 1.165) is 10.2 Å². The molecule has 0 aliphatic carbocycles. The van der Waals surface area contributed by atoms with Crippen LogP contribution in [0.15, 0.2) is 54.6 Å². The number of aromatic nitrogens is 1. The largest absolute Gasteiger partial charge is 0.325 e. The molecule has 0 radical (unpaired) electrons. The van der Waals surface area contributed by atoms with Gasteiger partial charge in [-0.3, -0.25) is 10.7 Å². The second-order valence-electron chi connectivity index (χ2n) is 4.43. The number of amides is 2. The van der Waals surface area contributed by atoms with E-state index in [1.807, 2.05) is 42.5 Å². The van der Waals surface area contributed by atoms with E-state index in [1.54, 1.807) is 12.1 Å². The number of guanidine groups is 1. The molecule has 2 aromatic carbocycles. The Hall–Kier alpha value is -2.93. The minimum absolute atomic E-state index is 0.132. The lowest BCUT2D eigenvalue weighted by Gasteiger charge is -2.08. The summed E-state index contributed by atoms with van der Waals surface area (Å²) in [6.07, 6.45) is 0. The molecule has 110 valence electrons. The number of benzene rings is 2. The maximum atomic E-state index is 11.8. The average molecular weight is 311 g/mol. The van der Waals surface area contributed by atoms with Crippen molar-refractivity contribution >= 4 is 44.4 Å². The van der Waals surface area contributed by atoms with Crippen LogP contribution in [-0.2, 0) is 0 Å². The predicted molar refractivity (Wildman–Crippen MR) is 89.6 cm³/mol. The Balaban J connectivity index is 1.59. The van der Waals surface area contributed by atoms with E-state index < -0.39 is 6.03 Å². The molecule has 0 bridgehead atoms. The Morgan fingerprint density at radius 1 is 1.00 bits per heavy atom. The third-order valence-corrected chi connectivity index (χ3v) is 3.75. The second-order valence-corrected chi connectivity index (χ2v) is 5.46. The number of carbonyl (C=O) groups excluding carboxylic acids is 1. The summed E-state index contributed by atoms with van der Waals surface area (Å²) in [5.41, 5.74) is 1.52. The third-order valence-electron chi connectivity index (χ3n) is 2.80. The summed E-state index contributed by atoms with van der Waals surface area (Å²) in [5.74, 6) is -0.132. The lowest BCUT2D eigenvalue weighted by atomic mass is 10.3. The van der Waals surface area contributed by atoms with E-state index in [2.05, 4.69) is 20.9 Å². The average Bonchev–Trinajstić information content (AvgIpc) is 2.89. The standard InChI is InChI=1S/C15H13N5OS/c16-13(19-14(21)17-10-6-2-1-3-7-10)20-15-18-11-8-4-5-9-12(11)22-15/h1-9H,(H4,16,17,18,19,20,21). The van der Waals surface area contributed by atoms with Gasteiger partial charge in [-0.2, -0.15) is 0 Å². The van der Waals surface area contributed by atoms with Crippen LogP contribution in [0.5, 0.6) is 0 Å². The van der Waals surface area contributed by atoms with Crippen molar-refractivity contribution in [2.24, 2.45) is 0 Å². The minimum Gasteiger partial charge on any atom is -0.308 e. The van der Waals surface area contributed by atoms with Crippen LogP contribution in [0, 0.1) is 5.41 Å². The number of thiazole rings is 1. The molecule has 2 amide bonds. The number of carbonyl (C=O) groups is 1. The Kier molecular flexibility index (Phi) is 3.97. The van der Waals surface area contributed by atoms with Crippen LogP contribution in [0.2, 0.25) is 0 Å². The fourth-order valence-electron chi connectivity index (χ4n) is 1.86. The highest BCUT2D eigenvalue weighted by Crippen LogP contribution is 2.25. The summed E-state index contributed by atoms with van der Waals surface area (Å²) in [6, 6.07) is 16.2. The molecule has 22 heavy (non-hydrogen) atoms. The van der Waals surface area contributed by atoms with Crippen molar-refractivity contribution < 1.29 is 4.79 Å².